The lowest BCUT2D eigenvalue weighted by Gasteiger charge is -2.14. The molecule has 0 unspecified atom stereocenters. The summed E-state index contributed by atoms with van der Waals surface area (Å²) >= 11 is 0. The Morgan fingerprint density at radius 1 is 1.21 bits per heavy atom. The molecule has 1 N–H and O–H groups in total. The van der Waals surface area contributed by atoms with Gasteiger partial charge in [-0.3, -0.25) is 14.4 Å². The number of aliphatic imine (C=N–C) groups is 1. The molecule has 0 saturated heterocycles. The van der Waals surface area contributed by atoms with E-state index in [9.17, 15) is 28.3 Å². The van der Waals surface area contributed by atoms with E-state index in [1.54, 1.807) is 19.2 Å². The fraction of sp³-hybridized carbons (Fsp3) is 0.208. The average Bonchev–Trinajstić information content (AvgIpc) is 2.79. The lowest BCUT2D eigenvalue weighted by Crippen LogP contribution is -2.26. The normalized spacial score (nSPS) is 11.5. The molecule has 3 aromatic rings. The van der Waals surface area contributed by atoms with E-state index >= 15 is 0 Å². The van der Waals surface area contributed by atoms with Gasteiger partial charge in [0.25, 0.3) is 5.56 Å². The van der Waals surface area contributed by atoms with E-state index in [0.29, 0.717) is 12.2 Å². The van der Waals surface area contributed by atoms with Crippen molar-refractivity contribution in [2.45, 2.75) is 26.1 Å². The van der Waals surface area contributed by atoms with Crippen molar-refractivity contribution < 1.29 is 23.0 Å². The molecule has 3 rings (SSSR count). The number of halogens is 3. The van der Waals surface area contributed by atoms with E-state index in [1.165, 1.54) is 19.1 Å². The third-order valence-electron chi connectivity index (χ3n) is 5.15. The van der Waals surface area contributed by atoms with E-state index < -0.39 is 23.2 Å². The highest BCUT2D eigenvalue weighted by atomic mass is 19.4. The van der Waals surface area contributed by atoms with Crippen molar-refractivity contribution >= 4 is 11.9 Å². The molecule has 1 aromatic heterocycles. The smallest absolute Gasteiger partial charge is 0.416 e. The second kappa shape index (κ2) is 9.61. The minimum atomic E-state index is -4.52. The molecule has 33 heavy (non-hydrogen) atoms. The second-order valence-electron chi connectivity index (χ2n) is 7.21. The van der Waals surface area contributed by atoms with Gasteiger partial charge in [-0.05, 0) is 54.8 Å². The molecular weight excluding hydrogens is 435 g/mol. The lowest BCUT2D eigenvalue weighted by molar-refractivity contribution is -0.137. The number of aromatic nitrogens is 1. The number of pyridine rings is 1. The summed E-state index contributed by atoms with van der Waals surface area (Å²) in [6.07, 6.45) is -2.98. The number of alkyl halides is 3. The number of aromatic hydroxyl groups is 1. The van der Waals surface area contributed by atoms with Crippen LogP contribution in [0.2, 0.25) is 0 Å². The SMILES string of the molecule is COc1ccc(CCn2c(O)c(C=Nc3cccc(C(F)(F)F)c3)c(C)c(C#N)c2=O)cc1. The highest BCUT2D eigenvalue weighted by Crippen LogP contribution is 2.31. The highest BCUT2D eigenvalue weighted by molar-refractivity contribution is 5.87. The number of hydrogen-bond donors (Lipinski definition) is 1. The third-order valence-corrected chi connectivity index (χ3v) is 5.15. The summed E-state index contributed by atoms with van der Waals surface area (Å²) in [7, 11) is 1.55. The van der Waals surface area contributed by atoms with E-state index in [2.05, 4.69) is 4.99 Å². The van der Waals surface area contributed by atoms with Gasteiger partial charge >= 0.3 is 6.18 Å². The molecule has 6 nitrogen and oxygen atoms in total. The topological polar surface area (TPSA) is 87.6 Å². The molecule has 2 aromatic carbocycles. The predicted octanol–water partition coefficient (Wildman–Crippen LogP) is 4.75. The molecule has 0 fully saturated rings. The van der Waals surface area contributed by atoms with Gasteiger partial charge in [-0.2, -0.15) is 18.4 Å². The molecule has 1 heterocycles. The molecule has 0 atom stereocenters. The number of hydrogen-bond acceptors (Lipinski definition) is 5. The molecular formula is C24H20F3N3O3. The molecule has 0 saturated carbocycles. The van der Waals surface area contributed by atoms with Crippen LogP contribution >= 0.6 is 0 Å². The first-order valence-electron chi connectivity index (χ1n) is 9.86. The molecule has 0 aliphatic carbocycles. The van der Waals surface area contributed by atoms with E-state index in [1.807, 2.05) is 18.2 Å². The molecule has 0 aliphatic heterocycles. The zero-order valence-electron chi connectivity index (χ0n) is 17.8. The molecule has 0 radical (unpaired) electrons. The van der Waals surface area contributed by atoms with Crippen molar-refractivity contribution in [1.82, 2.24) is 4.57 Å². The Hall–Kier alpha value is -4.06. The van der Waals surface area contributed by atoms with Gasteiger partial charge in [0.05, 0.1) is 23.9 Å². The Balaban J connectivity index is 1.97. The van der Waals surface area contributed by atoms with Crippen molar-refractivity contribution in [3.63, 3.8) is 0 Å². The van der Waals surface area contributed by atoms with Crippen LogP contribution in [0.1, 0.15) is 27.8 Å². The van der Waals surface area contributed by atoms with Crippen LogP contribution in [0, 0.1) is 18.3 Å². The molecule has 0 aliphatic rings. The van der Waals surface area contributed by atoms with Gasteiger partial charge in [0.1, 0.15) is 17.4 Å². The first-order valence-corrected chi connectivity index (χ1v) is 9.86. The molecule has 0 spiro atoms. The minimum Gasteiger partial charge on any atom is -0.497 e. The summed E-state index contributed by atoms with van der Waals surface area (Å²) in [4.78, 5) is 16.8. The second-order valence-corrected chi connectivity index (χ2v) is 7.21. The van der Waals surface area contributed by atoms with Crippen LogP contribution in [-0.4, -0.2) is 23.0 Å². The Bertz CT molecular complexity index is 1290. The van der Waals surface area contributed by atoms with Crippen LogP contribution in [0.4, 0.5) is 18.9 Å². The van der Waals surface area contributed by atoms with Crippen molar-refractivity contribution in [3.8, 4) is 17.7 Å². The standard InChI is InChI=1S/C24H20F3N3O3/c1-15-20(13-28)22(31)30(11-10-16-6-8-19(33-2)9-7-16)23(32)21(15)14-29-18-5-3-4-17(12-18)24(25,26)27/h3-9,12,14,32H,10-11H2,1-2H3. The van der Waals surface area contributed by atoms with Gasteiger partial charge in [0.2, 0.25) is 5.88 Å². The highest BCUT2D eigenvalue weighted by Gasteiger charge is 2.30. The Morgan fingerprint density at radius 2 is 1.91 bits per heavy atom. The van der Waals surface area contributed by atoms with Crippen LogP contribution in [0.25, 0.3) is 0 Å². The van der Waals surface area contributed by atoms with E-state index in [0.717, 1.165) is 28.5 Å². The van der Waals surface area contributed by atoms with Gasteiger partial charge in [0.15, 0.2) is 0 Å². The number of rotatable bonds is 6. The van der Waals surface area contributed by atoms with Crippen LogP contribution < -0.4 is 10.3 Å². The van der Waals surface area contributed by atoms with Crippen LogP contribution in [0.3, 0.4) is 0 Å². The first kappa shape index (κ1) is 23.6. The quantitative estimate of drug-likeness (QED) is 0.543. The Morgan fingerprint density at radius 3 is 2.52 bits per heavy atom. The number of aryl methyl sites for hydroxylation is 1. The van der Waals surface area contributed by atoms with Gasteiger partial charge in [-0.1, -0.05) is 18.2 Å². The number of methoxy groups -OCH3 is 1. The van der Waals surface area contributed by atoms with Gasteiger partial charge in [-0.25, -0.2) is 0 Å². The van der Waals surface area contributed by atoms with Crippen LogP contribution in [-0.2, 0) is 19.1 Å². The van der Waals surface area contributed by atoms with Gasteiger partial charge in [-0.15, -0.1) is 0 Å². The van der Waals surface area contributed by atoms with Gasteiger partial charge < -0.3 is 9.84 Å². The van der Waals surface area contributed by atoms with Crippen molar-refractivity contribution in [2.75, 3.05) is 7.11 Å². The average molecular weight is 455 g/mol. The molecule has 9 heteroatoms. The fourth-order valence-corrected chi connectivity index (χ4v) is 3.27. The summed E-state index contributed by atoms with van der Waals surface area (Å²) in [5, 5.41) is 20.2. The van der Waals surface area contributed by atoms with Gasteiger partial charge in [0, 0.05) is 12.8 Å². The van der Waals surface area contributed by atoms with Crippen LogP contribution in [0.15, 0.2) is 58.3 Å². The fourth-order valence-electron chi connectivity index (χ4n) is 3.27. The predicted molar refractivity (Wildman–Crippen MR) is 117 cm³/mol. The molecule has 0 amide bonds. The molecule has 170 valence electrons. The maximum absolute atomic E-state index is 12.9. The number of ether oxygens (including phenoxy) is 1. The van der Waals surface area contributed by atoms with E-state index in [-0.39, 0.29) is 28.9 Å². The zero-order chi connectivity index (χ0) is 24.2. The third kappa shape index (κ3) is 5.23. The summed E-state index contributed by atoms with van der Waals surface area (Å²) in [5.41, 5.74) is -0.529. The summed E-state index contributed by atoms with van der Waals surface area (Å²) in [5.74, 6) is 0.259. The number of benzene rings is 2. The van der Waals surface area contributed by atoms with Crippen LogP contribution in [0.5, 0.6) is 11.6 Å². The summed E-state index contributed by atoms with van der Waals surface area (Å²) < 4.78 is 45.0. The maximum atomic E-state index is 12.9. The van der Waals surface area contributed by atoms with Crippen molar-refractivity contribution in [1.29, 1.82) is 5.26 Å². The minimum absolute atomic E-state index is 0.0121. The summed E-state index contributed by atoms with van der Waals surface area (Å²) in [6, 6.07) is 13.4. The van der Waals surface area contributed by atoms with Crippen molar-refractivity contribution in [2.24, 2.45) is 4.99 Å². The Kier molecular flexibility index (Phi) is 6.87. The lowest BCUT2D eigenvalue weighted by atomic mass is 10.1. The van der Waals surface area contributed by atoms with Crippen molar-refractivity contribution in [3.05, 3.63) is 86.7 Å². The molecule has 0 bridgehead atoms. The maximum Gasteiger partial charge on any atom is 0.416 e. The monoisotopic (exact) mass is 455 g/mol. The summed E-state index contributed by atoms with van der Waals surface area (Å²) in [6.45, 7) is 1.55. The van der Waals surface area contributed by atoms with E-state index in [4.69, 9.17) is 4.74 Å². The first-order chi connectivity index (χ1) is 15.7. The largest absolute Gasteiger partial charge is 0.497 e. The zero-order valence-corrected chi connectivity index (χ0v) is 17.8. The number of nitriles is 1. The Labute approximate surface area is 187 Å². The number of nitrogens with zero attached hydrogens (tertiary/aromatic N) is 3.